The predicted octanol–water partition coefficient (Wildman–Crippen LogP) is 1.19. The van der Waals surface area contributed by atoms with Gasteiger partial charge in [0.1, 0.15) is 13.2 Å². The zero-order valence-electron chi connectivity index (χ0n) is 11.6. The van der Waals surface area contributed by atoms with Gasteiger partial charge < -0.3 is 20.1 Å². The Morgan fingerprint density at radius 3 is 3.05 bits per heavy atom. The van der Waals surface area contributed by atoms with Crippen LogP contribution in [-0.4, -0.2) is 38.3 Å². The molecule has 20 heavy (non-hydrogen) atoms. The molecular formula is C15H20N2O3. The van der Waals surface area contributed by atoms with Crippen molar-refractivity contribution in [3.63, 3.8) is 0 Å². The van der Waals surface area contributed by atoms with E-state index in [0.717, 1.165) is 19.5 Å². The van der Waals surface area contributed by atoms with E-state index in [1.165, 1.54) is 0 Å². The zero-order chi connectivity index (χ0) is 13.9. The van der Waals surface area contributed by atoms with Crippen LogP contribution in [0.1, 0.15) is 23.7 Å². The number of nitrogens with one attached hydrogen (secondary N) is 2. The molecule has 5 heteroatoms. The summed E-state index contributed by atoms with van der Waals surface area (Å²) in [6.45, 7) is 5.06. The molecule has 2 unspecified atom stereocenters. The number of carbonyl (C=O) groups excluding carboxylic acids is 1. The summed E-state index contributed by atoms with van der Waals surface area (Å²) in [5.41, 5.74) is 0.563. The molecule has 0 spiro atoms. The second-order valence-electron chi connectivity index (χ2n) is 5.38. The van der Waals surface area contributed by atoms with Gasteiger partial charge in [-0.05, 0) is 37.6 Å². The molecule has 0 aromatic heterocycles. The number of hydrogen-bond acceptors (Lipinski definition) is 4. The Labute approximate surface area is 118 Å². The van der Waals surface area contributed by atoms with Crippen molar-refractivity contribution in [1.82, 2.24) is 10.6 Å². The van der Waals surface area contributed by atoms with Crippen LogP contribution in [0.2, 0.25) is 0 Å². The molecule has 0 radical (unpaired) electrons. The van der Waals surface area contributed by atoms with Crippen LogP contribution in [0.5, 0.6) is 11.5 Å². The second kappa shape index (κ2) is 5.71. The largest absolute Gasteiger partial charge is 0.486 e. The smallest absolute Gasteiger partial charge is 0.255 e. The summed E-state index contributed by atoms with van der Waals surface area (Å²) in [5, 5.41) is 6.45. The average Bonchev–Trinajstić information content (AvgIpc) is 2.49. The highest BCUT2D eigenvalue weighted by Crippen LogP contribution is 2.33. The van der Waals surface area contributed by atoms with Crippen molar-refractivity contribution in [2.24, 2.45) is 5.92 Å². The minimum atomic E-state index is -0.0777. The maximum Gasteiger partial charge on any atom is 0.255 e. The Kier molecular flexibility index (Phi) is 3.78. The number of fused-ring (bicyclic) bond motifs is 1. The van der Waals surface area contributed by atoms with Gasteiger partial charge in [-0.25, -0.2) is 0 Å². The highest BCUT2D eigenvalue weighted by atomic mass is 16.6. The SMILES string of the molecule is CC1CNCCC1NC(=O)c1cccc2c1OCCO2. The summed E-state index contributed by atoms with van der Waals surface area (Å²) in [5.74, 6) is 1.58. The lowest BCUT2D eigenvalue weighted by atomic mass is 9.95. The van der Waals surface area contributed by atoms with Gasteiger partial charge in [-0.2, -0.15) is 0 Å². The number of amides is 1. The average molecular weight is 276 g/mol. The minimum absolute atomic E-state index is 0.0777. The van der Waals surface area contributed by atoms with Gasteiger partial charge in [-0.3, -0.25) is 4.79 Å². The summed E-state index contributed by atoms with van der Waals surface area (Å²) < 4.78 is 11.1. The number of carbonyl (C=O) groups is 1. The van der Waals surface area contributed by atoms with Gasteiger partial charge in [-0.1, -0.05) is 13.0 Å². The fraction of sp³-hybridized carbons (Fsp3) is 0.533. The lowest BCUT2D eigenvalue weighted by Gasteiger charge is -2.30. The number of benzene rings is 1. The van der Waals surface area contributed by atoms with E-state index in [1.807, 2.05) is 12.1 Å². The summed E-state index contributed by atoms with van der Waals surface area (Å²) in [7, 11) is 0. The number of piperidine rings is 1. The summed E-state index contributed by atoms with van der Waals surface area (Å²) >= 11 is 0. The van der Waals surface area contributed by atoms with Crippen LogP contribution >= 0.6 is 0 Å². The van der Waals surface area contributed by atoms with Gasteiger partial charge >= 0.3 is 0 Å². The molecule has 0 aliphatic carbocycles. The molecule has 2 aliphatic heterocycles. The summed E-state index contributed by atoms with van der Waals surface area (Å²) in [6, 6.07) is 5.66. The molecule has 1 aromatic carbocycles. The van der Waals surface area contributed by atoms with Crippen molar-refractivity contribution >= 4 is 5.91 Å². The molecule has 0 bridgehead atoms. The normalized spacial score (nSPS) is 25.1. The van der Waals surface area contributed by atoms with Crippen LogP contribution in [0.25, 0.3) is 0 Å². The van der Waals surface area contributed by atoms with E-state index >= 15 is 0 Å². The minimum Gasteiger partial charge on any atom is -0.486 e. The fourth-order valence-corrected chi connectivity index (χ4v) is 2.73. The van der Waals surface area contributed by atoms with Crippen molar-refractivity contribution in [1.29, 1.82) is 0 Å². The number of para-hydroxylation sites is 1. The van der Waals surface area contributed by atoms with Gasteiger partial charge in [0.15, 0.2) is 11.5 Å². The zero-order valence-corrected chi connectivity index (χ0v) is 11.6. The Morgan fingerprint density at radius 2 is 2.20 bits per heavy atom. The first-order valence-corrected chi connectivity index (χ1v) is 7.16. The second-order valence-corrected chi connectivity index (χ2v) is 5.38. The van der Waals surface area contributed by atoms with Crippen molar-refractivity contribution < 1.29 is 14.3 Å². The Bertz CT molecular complexity index is 504. The maximum absolute atomic E-state index is 12.5. The van der Waals surface area contributed by atoms with E-state index in [-0.39, 0.29) is 11.9 Å². The Balaban J connectivity index is 1.77. The molecule has 3 rings (SSSR count). The Morgan fingerprint density at radius 1 is 1.35 bits per heavy atom. The van der Waals surface area contributed by atoms with Crippen LogP contribution in [0.4, 0.5) is 0 Å². The molecule has 2 N–H and O–H groups in total. The predicted molar refractivity (Wildman–Crippen MR) is 75.3 cm³/mol. The number of hydrogen-bond donors (Lipinski definition) is 2. The standard InChI is InChI=1S/C15H20N2O3/c1-10-9-16-6-5-12(10)17-15(18)11-3-2-4-13-14(11)20-8-7-19-13/h2-4,10,12,16H,5-9H2,1H3,(H,17,18). The third kappa shape index (κ3) is 2.58. The molecule has 2 aliphatic rings. The summed E-state index contributed by atoms with van der Waals surface area (Å²) in [4.78, 5) is 12.5. The van der Waals surface area contributed by atoms with Crippen molar-refractivity contribution in [3.05, 3.63) is 23.8 Å². The van der Waals surface area contributed by atoms with Crippen LogP contribution in [0.3, 0.4) is 0 Å². The van der Waals surface area contributed by atoms with Gasteiger partial charge in [0.25, 0.3) is 5.91 Å². The molecule has 1 fully saturated rings. The van der Waals surface area contributed by atoms with Gasteiger partial charge in [0.05, 0.1) is 5.56 Å². The monoisotopic (exact) mass is 276 g/mol. The molecule has 2 heterocycles. The van der Waals surface area contributed by atoms with Crippen molar-refractivity contribution in [2.75, 3.05) is 26.3 Å². The van der Waals surface area contributed by atoms with E-state index in [9.17, 15) is 4.79 Å². The maximum atomic E-state index is 12.5. The molecule has 108 valence electrons. The molecule has 5 nitrogen and oxygen atoms in total. The van der Waals surface area contributed by atoms with Gasteiger partial charge in [-0.15, -0.1) is 0 Å². The van der Waals surface area contributed by atoms with Crippen LogP contribution < -0.4 is 20.1 Å². The van der Waals surface area contributed by atoms with Crippen molar-refractivity contribution in [3.8, 4) is 11.5 Å². The molecule has 0 saturated carbocycles. The number of ether oxygens (including phenoxy) is 2. The first-order chi connectivity index (χ1) is 9.75. The highest BCUT2D eigenvalue weighted by molar-refractivity contribution is 5.98. The fourth-order valence-electron chi connectivity index (χ4n) is 2.73. The molecule has 2 atom stereocenters. The van der Waals surface area contributed by atoms with E-state index in [4.69, 9.17) is 9.47 Å². The first-order valence-electron chi connectivity index (χ1n) is 7.16. The third-order valence-electron chi connectivity index (χ3n) is 3.91. The van der Waals surface area contributed by atoms with Crippen LogP contribution in [0, 0.1) is 5.92 Å². The molecular weight excluding hydrogens is 256 g/mol. The van der Waals surface area contributed by atoms with E-state index in [2.05, 4.69) is 17.6 Å². The van der Waals surface area contributed by atoms with E-state index in [0.29, 0.717) is 36.2 Å². The van der Waals surface area contributed by atoms with Crippen LogP contribution in [-0.2, 0) is 0 Å². The number of rotatable bonds is 2. The molecule has 1 amide bonds. The third-order valence-corrected chi connectivity index (χ3v) is 3.91. The lowest BCUT2D eigenvalue weighted by molar-refractivity contribution is 0.0903. The first kappa shape index (κ1) is 13.2. The molecule has 1 saturated heterocycles. The van der Waals surface area contributed by atoms with E-state index < -0.39 is 0 Å². The topological polar surface area (TPSA) is 59.6 Å². The van der Waals surface area contributed by atoms with Crippen molar-refractivity contribution in [2.45, 2.75) is 19.4 Å². The van der Waals surface area contributed by atoms with Gasteiger partial charge in [0.2, 0.25) is 0 Å². The van der Waals surface area contributed by atoms with Gasteiger partial charge in [0, 0.05) is 6.04 Å². The van der Waals surface area contributed by atoms with E-state index in [1.54, 1.807) is 6.07 Å². The lowest BCUT2D eigenvalue weighted by Crippen LogP contribution is -2.48. The quantitative estimate of drug-likeness (QED) is 0.852. The van der Waals surface area contributed by atoms with Crippen LogP contribution in [0.15, 0.2) is 18.2 Å². The molecule has 1 aromatic rings. The Hall–Kier alpha value is -1.75. The highest BCUT2D eigenvalue weighted by Gasteiger charge is 2.26. The summed E-state index contributed by atoms with van der Waals surface area (Å²) in [6.07, 6.45) is 0.958.